The molecule has 0 bridgehead atoms. The summed E-state index contributed by atoms with van der Waals surface area (Å²) in [5.41, 5.74) is 0. The zero-order valence-corrected chi connectivity index (χ0v) is 10.2. The van der Waals surface area contributed by atoms with Gasteiger partial charge in [0.2, 0.25) is 0 Å². The Labute approximate surface area is 78.1 Å². The van der Waals surface area contributed by atoms with Crippen LogP contribution in [0.3, 0.4) is 0 Å². The van der Waals surface area contributed by atoms with Crippen molar-refractivity contribution in [1.82, 2.24) is 0 Å². The van der Waals surface area contributed by atoms with Gasteiger partial charge in [-0.2, -0.15) is 0 Å². The molecule has 1 saturated heterocycles. The van der Waals surface area contributed by atoms with E-state index >= 15 is 0 Å². The van der Waals surface area contributed by atoms with Crippen molar-refractivity contribution >= 4 is 10.2 Å². The highest BCUT2D eigenvalue weighted by atomic mass is 28.1. The summed E-state index contributed by atoms with van der Waals surface area (Å²) in [6.07, 6.45) is 4.58. The van der Waals surface area contributed by atoms with E-state index in [9.17, 15) is 0 Å². The van der Waals surface area contributed by atoms with Crippen LogP contribution in [0.5, 0.6) is 0 Å². The van der Waals surface area contributed by atoms with Crippen LogP contribution >= 0.6 is 0 Å². The predicted molar refractivity (Wildman–Crippen MR) is 53.8 cm³/mol. The Morgan fingerprint density at radius 3 is 2.83 bits per heavy atom. The van der Waals surface area contributed by atoms with Gasteiger partial charge in [0.15, 0.2) is 0 Å². The average Bonchev–Trinajstić information content (AvgIpc) is 2.00. The van der Waals surface area contributed by atoms with Gasteiger partial charge in [0.1, 0.15) is 0 Å². The standard InChI is InChI=1S/C9H20O2Si/c1-2-3-9(7-12)11-6-8-4-5-10-8/h8-9H,2-7H2,1,12H3. The minimum absolute atomic E-state index is 0.414. The molecule has 2 unspecified atom stereocenters. The molecule has 1 aliphatic heterocycles. The molecular weight excluding hydrogens is 168 g/mol. The number of hydrogen-bond donors (Lipinski definition) is 0. The number of ether oxygens (including phenoxy) is 2. The summed E-state index contributed by atoms with van der Waals surface area (Å²) in [5.74, 6) is 0. The number of hydrogen-bond acceptors (Lipinski definition) is 2. The van der Waals surface area contributed by atoms with Crippen LogP contribution in [-0.2, 0) is 9.47 Å². The van der Waals surface area contributed by atoms with Gasteiger partial charge in [0.05, 0.1) is 18.8 Å². The van der Waals surface area contributed by atoms with Crippen molar-refractivity contribution in [2.45, 2.75) is 44.4 Å². The van der Waals surface area contributed by atoms with Gasteiger partial charge in [0, 0.05) is 16.8 Å². The Morgan fingerprint density at radius 2 is 2.42 bits per heavy atom. The first-order valence-corrected chi connectivity index (χ1v) is 6.51. The highest BCUT2D eigenvalue weighted by Crippen LogP contribution is 2.14. The van der Waals surface area contributed by atoms with Gasteiger partial charge in [-0.1, -0.05) is 13.3 Å². The lowest BCUT2D eigenvalue weighted by molar-refractivity contribution is -0.107. The van der Waals surface area contributed by atoms with E-state index in [-0.39, 0.29) is 0 Å². The van der Waals surface area contributed by atoms with Gasteiger partial charge in [-0.25, -0.2) is 0 Å². The van der Waals surface area contributed by atoms with Gasteiger partial charge >= 0.3 is 0 Å². The predicted octanol–water partition coefficient (Wildman–Crippen LogP) is 0.744. The van der Waals surface area contributed by atoms with Crippen LogP contribution < -0.4 is 0 Å². The summed E-state index contributed by atoms with van der Waals surface area (Å²) in [6, 6.07) is 1.26. The fourth-order valence-electron chi connectivity index (χ4n) is 1.39. The first-order valence-electron chi connectivity index (χ1n) is 5.10. The van der Waals surface area contributed by atoms with Gasteiger partial charge < -0.3 is 9.47 Å². The summed E-state index contributed by atoms with van der Waals surface area (Å²) in [5, 5.41) is 0. The van der Waals surface area contributed by atoms with Crippen molar-refractivity contribution in [2.75, 3.05) is 13.2 Å². The molecule has 1 rings (SSSR count). The van der Waals surface area contributed by atoms with Crippen LogP contribution in [0.1, 0.15) is 26.2 Å². The van der Waals surface area contributed by atoms with Crippen LogP contribution in [0, 0.1) is 0 Å². The lowest BCUT2D eigenvalue weighted by Crippen LogP contribution is -2.33. The molecule has 2 nitrogen and oxygen atoms in total. The van der Waals surface area contributed by atoms with Crippen LogP contribution in [0.15, 0.2) is 0 Å². The summed E-state index contributed by atoms with van der Waals surface area (Å²) < 4.78 is 11.0. The van der Waals surface area contributed by atoms with E-state index in [0.29, 0.717) is 12.2 Å². The Morgan fingerprint density at radius 1 is 1.67 bits per heavy atom. The second-order valence-electron chi connectivity index (χ2n) is 3.43. The molecule has 72 valence electrons. The van der Waals surface area contributed by atoms with E-state index in [1.54, 1.807) is 0 Å². The molecule has 2 atom stereocenters. The zero-order chi connectivity index (χ0) is 8.81. The molecule has 1 aliphatic rings. The molecule has 12 heavy (non-hydrogen) atoms. The van der Waals surface area contributed by atoms with E-state index in [1.165, 1.54) is 35.5 Å². The Hall–Kier alpha value is 0.137. The minimum Gasteiger partial charge on any atom is -0.376 e. The lowest BCUT2D eigenvalue weighted by atomic mass is 10.2. The molecule has 0 aromatic heterocycles. The Balaban J connectivity index is 2.01. The zero-order valence-electron chi connectivity index (χ0n) is 8.21. The lowest BCUT2D eigenvalue weighted by Gasteiger charge is -2.28. The highest BCUT2D eigenvalue weighted by molar-refractivity contribution is 6.08. The maximum Gasteiger partial charge on any atom is 0.0830 e. The maximum atomic E-state index is 5.75. The van der Waals surface area contributed by atoms with Crippen molar-refractivity contribution in [3.05, 3.63) is 0 Å². The van der Waals surface area contributed by atoms with Crippen LogP contribution in [0.2, 0.25) is 6.04 Å². The molecule has 1 heterocycles. The third-order valence-corrected chi connectivity index (χ3v) is 3.29. The molecule has 0 aromatic rings. The summed E-state index contributed by atoms with van der Waals surface area (Å²) in [7, 11) is 1.25. The molecule has 0 aromatic carbocycles. The summed E-state index contributed by atoms with van der Waals surface area (Å²) >= 11 is 0. The Bertz CT molecular complexity index is 115. The van der Waals surface area contributed by atoms with E-state index in [2.05, 4.69) is 6.92 Å². The fraction of sp³-hybridized carbons (Fsp3) is 1.00. The molecule has 3 heteroatoms. The van der Waals surface area contributed by atoms with E-state index in [1.807, 2.05) is 0 Å². The quantitative estimate of drug-likeness (QED) is 0.573. The highest BCUT2D eigenvalue weighted by Gasteiger charge is 2.19. The van der Waals surface area contributed by atoms with Gasteiger partial charge in [-0.15, -0.1) is 0 Å². The molecule has 0 radical (unpaired) electrons. The average molecular weight is 188 g/mol. The summed E-state index contributed by atoms with van der Waals surface area (Å²) in [6.45, 7) is 3.98. The first kappa shape index (κ1) is 10.2. The third-order valence-electron chi connectivity index (χ3n) is 2.38. The van der Waals surface area contributed by atoms with Crippen molar-refractivity contribution in [2.24, 2.45) is 0 Å². The molecule has 1 fully saturated rings. The molecule has 0 spiro atoms. The smallest absolute Gasteiger partial charge is 0.0830 e. The second-order valence-corrected chi connectivity index (χ2v) is 4.25. The first-order chi connectivity index (χ1) is 5.86. The van der Waals surface area contributed by atoms with Gasteiger partial charge in [-0.3, -0.25) is 0 Å². The van der Waals surface area contributed by atoms with E-state index in [0.717, 1.165) is 13.2 Å². The number of rotatable bonds is 6. The van der Waals surface area contributed by atoms with Crippen molar-refractivity contribution in [3.8, 4) is 0 Å². The fourth-order valence-corrected chi connectivity index (χ4v) is 2.03. The van der Waals surface area contributed by atoms with Gasteiger partial charge in [0.25, 0.3) is 0 Å². The molecule has 0 aliphatic carbocycles. The van der Waals surface area contributed by atoms with Crippen molar-refractivity contribution in [1.29, 1.82) is 0 Å². The normalized spacial score (nSPS) is 25.2. The molecule has 0 N–H and O–H groups in total. The molecule has 0 saturated carbocycles. The van der Waals surface area contributed by atoms with Crippen molar-refractivity contribution < 1.29 is 9.47 Å². The Kier molecular flexibility index (Phi) is 4.88. The van der Waals surface area contributed by atoms with E-state index < -0.39 is 0 Å². The third kappa shape index (κ3) is 3.25. The topological polar surface area (TPSA) is 18.5 Å². The largest absolute Gasteiger partial charge is 0.376 e. The van der Waals surface area contributed by atoms with Crippen LogP contribution in [0.25, 0.3) is 0 Å². The van der Waals surface area contributed by atoms with Crippen LogP contribution in [-0.4, -0.2) is 35.7 Å². The molecule has 0 amide bonds. The van der Waals surface area contributed by atoms with E-state index in [4.69, 9.17) is 9.47 Å². The van der Waals surface area contributed by atoms with Crippen molar-refractivity contribution in [3.63, 3.8) is 0 Å². The van der Waals surface area contributed by atoms with Gasteiger partial charge in [-0.05, 0) is 18.9 Å². The summed E-state index contributed by atoms with van der Waals surface area (Å²) in [4.78, 5) is 0. The van der Waals surface area contributed by atoms with Crippen LogP contribution in [0.4, 0.5) is 0 Å². The second kappa shape index (κ2) is 5.73. The maximum absolute atomic E-state index is 5.75. The SMILES string of the molecule is CCCC(C[SiH3])OCC1CCO1. The minimum atomic E-state index is 0.414. The monoisotopic (exact) mass is 188 g/mol. The molecular formula is C9H20O2Si.